The van der Waals surface area contributed by atoms with Gasteiger partial charge in [0.1, 0.15) is 5.75 Å². The summed E-state index contributed by atoms with van der Waals surface area (Å²) in [5.41, 5.74) is 4.84. The summed E-state index contributed by atoms with van der Waals surface area (Å²) in [6.45, 7) is -1.20. The van der Waals surface area contributed by atoms with Crippen LogP contribution in [-0.2, 0) is 19.1 Å². The lowest BCUT2D eigenvalue weighted by atomic mass is 10.3. The van der Waals surface area contributed by atoms with Crippen molar-refractivity contribution in [1.82, 2.24) is 5.32 Å². The number of nitrogens with two attached hydrogens (primary N) is 1. The molecule has 0 aromatic heterocycles. The Morgan fingerprint density at radius 1 is 1.29 bits per heavy atom. The van der Waals surface area contributed by atoms with Crippen LogP contribution in [0.15, 0.2) is 22.7 Å². The van der Waals surface area contributed by atoms with Crippen LogP contribution in [0.1, 0.15) is 0 Å². The van der Waals surface area contributed by atoms with Crippen LogP contribution in [0.25, 0.3) is 0 Å². The summed E-state index contributed by atoms with van der Waals surface area (Å²) in [5.74, 6) is -1.64. The van der Waals surface area contributed by atoms with E-state index in [0.717, 1.165) is 0 Å². The van der Waals surface area contributed by atoms with Gasteiger partial charge >= 0.3 is 5.97 Å². The summed E-state index contributed by atoms with van der Waals surface area (Å²) in [4.78, 5) is 33.0. The minimum Gasteiger partial charge on any atom is -0.481 e. The van der Waals surface area contributed by atoms with E-state index in [1.54, 1.807) is 18.2 Å². The van der Waals surface area contributed by atoms with Gasteiger partial charge in [0, 0.05) is 5.02 Å². The molecule has 0 radical (unpaired) electrons. The van der Waals surface area contributed by atoms with Crippen molar-refractivity contribution in [1.29, 1.82) is 0 Å². The maximum atomic E-state index is 11.4. The molecule has 0 fully saturated rings. The van der Waals surface area contributed by atoms with E-state index in [9.17, 15) is 14.4 Å². The third-order valence-corrected chi connectivity index (χ3v) is 2.92. The number of esters is 1. The Balaban J connectivity index is 2.31. The fraction of sp³-hybridized carbons (Fsp3) is 0.250. The monoisotopic (exact) mass is 378 g/mol. The molecule has 21 heavy (non-hydrogen) atoms. The first kappa shape index (κ1) is 17.3. The molecule has 0 unspecified atom stereocenters. The molecule has 0 spiro atoms. The molecule has 0 atom stereocenters. The van der Waals surface area contributed by atoms with Crippen LogP contribution in [-0.4, -0.2) is 37.5 Å². The van der Waals surface area contributed by atoms with E-state index in [-0.39, 0.29) is 13.2 Å². The third-order valence-electron chi connectivity index (χ3n) is 2.06. The molecular weight excluding hydrogens is 367 g/mol. The lowest BCUT2D eigenvalue weighted by molar-refractivity contribution is -0.150. The molecule has 0 bridgehead atoms. The molecule has 1 aromatic rings. The SMILES string of the molecule is NC(=O)CNC(=O)COC(=O)COc1ccc(Cl)cc1Br. The van der Waals surface area contributed by atoms with E-state index in [4.69, 9.17) is 22.1 Å². The summed E-state index contributed by atoms with van der Waals surface area (Å²) in [6, 6.07) is 4.79. The number of primary amides is 1. The van der Waals surface area contributed by atoms with Crippen LogP contribution in [0.3, 0.4) is 0 Å². The van der Waals surface area contributed by atoms with Gasteiger partial charge in [0.05, 0.1) is 11.0 Å². The summed E-state index contributed by atoms with van der Waals surface area (Å²) < 4.78 is 10.4. The predicted octanol–water partition coefficient (Wildman–Crippen LogP) is 0.626. The average molecular weight is 380 g/mol. The fourth-order valence-corrected chi connectivity index (χ4v) is 1.95. The molecule has 1 rings (SSSR count). The van der Waals surface area contributed by atoms with Crippen LogP contribution >= 0.6 is 27.5 Å². The highest BCUT2D eigenvalue weighted by Crippen LogP contribution is 2.27. The molecular formula is C12H12BrClN2O5. The first-order valence-corrected chi connectivity index (χ1v) is 6.84. The second-order valence-corrected chi connectivity index (χ2v) is 5.06. The number of carbonyl (C=O) groups is 3. The van der Waals surface area contributed by atoms with Gasteiger partial charge in [-0.2, -0.15) is 0 Å². The second kappa shape index (κ2) is 8.48. The summed E-state index contributed by atoms with van der Waals surface area (Å²) in [5, 5.41) is 2.69. The van der Waals surface area contributed by atoms with Gasteiger partial charge in [-0.15, -0.1) is 0 Å². The normalized spacial score (nSPS) is 9.81. The Kier molecular flexibility index (Phi) is 6.97. The number of hydrogen-bond acceptors (Lipinski definition) is 5. The van der Waals surface area contributed by atoms with Crippen LogP contribution in [0.2, 0.25) is 5.02 Å². The van der Waals surface area contributed by atoms with Crippen molar-refractivity contribution >= 4 is 45.3 Å². The molecule has 114 valence electrons. The van der Waals surface area contributed by atoms with E-state index >= 15 is 0 Å². The topological polar surface area (TPSA) is 108 Å². The first-order chi connectivity index (χ1) is 9.88. The zero-order valence-electron chi connectivity index (χ0n) is 10.7. The zero-order chi connectivity index (χ0) is 15.8. The van der Waals surface area contributed by atoms with E-state index < -0.39 is 24.4 Å². The van der Waals surface area contributed by atoms with Crippen LogP contribution in [0.5, 0.6) is 5.75 Å². The number of nitrogens with one attached hydrogen (secondary N) is 1. The number of halogens is 2. The molecule has 2 amide bonds. The van der Waals surface area contributed by atoms with Crippen molar-refractivity contribution in [3.05, 3.63) is 27.7 Å². The number of hydrogen-bond donors (Lipinski definition) is 2. The maximum Gasteiger partial charge on any atom is 0.344 e. The van der Waals surface area contributed by atoms with Crippen molar-refractivity contribution in [3.63, 3.8) is 0 Å². The van der Waals surface area contributed by atoms with Gasteiger partial charge in [0.25, 0.3) is 5.91 Å². The van der Waals surface area contributed by atoms with Gasteiger partial charge in [0.15, 0.2) is 13.2 Å². The van der Waals surface area contributed by atoms with Crippen molar-refractivity contribution < 1.29 is 23.9 Å². The van der Waals surface area contributed by atoms with Crippen molar-refractivity contribution in [3.8, 4) is 5.75 Å². The van der Waals surface area contributed by atoms with Gasteiger partial charge in [-0.05, 0) is 34.1 Å². The molecule has 3 N–H and O–H groups in total. The van der Waals surface area contributed by atoms with Crippen LogP contribution in [0.4, 0.5) is 0 Å². The minimum absolute atomic E-state index is 0.315. The number of rotatable bonds is 7. The van der Waals surface area contributed by atoms with Crippen LogP contribution in [0, 0.1) is 0 Å². The fourth-order valence-electron chi connectivity index (χ4n) is 1.15. The van der Waals surface area contributed by atoms with Crippen molar-refractivity contribution in [2.75, 3.05) is 19.8 Å². The van der Waals surface area contributed by atoms with Crippen molar-refractivity contribution in [2.24, 2.45) is 5.73 Å². The Labute approximate surface area is 133 Å². The molecule has 0 saturated heterocycles. The Bertz CT molecular complexity index is 552. The quantitative estimate of drug-likeness (QED) is 0.676. The standard InChI is InChI=1S/C12H12BrClN2O5/c13-8-3-7(14)1-2-9(8)20-6-12(19)21-5-11(18)16-4-10(15)17/h1-3H,4-6H2,(H2,15,17)(H,16,18). The molecule has 1 aromatic carbocycles. The smallest absolute Gasteiger partial charge is 0.344 e. The van der Waals surface area contributed by atoms with Gasteiger partial charge < -0.3 is 20.5 Å². The van der Waals surface area contributed by atoms with E-state index in [1.165, 1.54) is 0 Å². The summed E-state index contributed by atoms with van der Waals surface area (Å²) >= 11 is 8.99. The Hall–Kier alpha value is -1.80. The number of carbonyl (C=O) groups excluding carboxylic acids is 3. The van der Waals surface area contributed by atoms with Gasteiger partial charge in [-0.25, -0.2) is 4.79 Å². The van der Waals surface area contributed by atoms with E-state index in [2.05, 4.69) is 26.0 Å². The van der Waals surface area contributed by atoms with Crippen molar-refractivity contribution in [2.45, 2.75) is 0 Å². The molecule has 0 aliphatic carbocycles. The third kappa shape index (κ3) is 6.96. The van der Waals surface area contributed by atoms with E-state index in [1.807, 2.05) is 0 Å². The summed E-state index contributed by atoms with van der Waals surface area (Å²) in [6.07, 6.45) is 0. The average Bonchev–Trinajstić information content (AvgIpc) is 2.41. The highest BCUT2D eigenvalue weighted by molar-refractivity contribution is 9.10. The molecule has 0 saturated carbocycles. The number of ether oxygens (including phenoxy) is 2. The minimum atomic E-state index is -0.730. The molecule has 0 aliphatic heterocycles. The Morgan fingerprint density at radius 3 is 2.62 bits per heavy atom. The lowest BCUT2D eigenvalue weighted by Crippen LogP contribution is -2.36. The zero-order valence-corrected chi connectivity index (χ0v) is 13.1. The summed E-state index contributed by atoms with van der Waals surface area (Å²) in [7, 11) is 0. The lowest BCUT2D eigenvalue weighted by Gasteiger charge is -2.08. The van der Waals surface area contributed by atoms with Gasteiger partial charge in [-0.3, -0.25) is 9.59 Å². The Morgan fingerprint density at radius 2 is 2.00 bits per heavy atom. The molecule has 0 aliphatic rings. The van der Waals surface area contributed by atoms with Gasteiger partial charge in [0.2, 0.25) is 5.91 Å². The largest absolute Gasteiger partial charge is 0.481 e. The number of amides is 2. The highest BCUT2D eigenvalue weighted by Gasteiger charge is 2.10. The van der Waals surface area contributed by atoms with Crippen LogP contribution < -0.4 is 15.8 Å². The highest BCUT2D eigenvalue weighted by atomic mass is 79.9. The van der Waals surface area contributed by atoms with E-state index in [0.29, 0.717) is 15.2 Å². The first-order valence-electron chi connectivity index (χ1n) is 5.67. The molecule has 9 heteroatoms. The van der Waals surface area contributed by atoms with Gasteiger partial charge in [-0.1, -0.05) is 11.6 Å². The number of benzene rings is 1. The second-order valence-electron chi connectivity index (χ2n) is 3.77. The predicted molar refractivity (Wildman–Crippen MR) is 77.8 cm³/mol. The maximum absolute atomic E-state index is 11.4. The molecule has 0 heterocycles. The molecule has 7 nitrogen and oxygen atoms in total.